The number of hydrogen-bond acceptors (Lipinski definition) is 4. The van der Waals surface area contributed by atoms with E-state index in [-0.39, 0.29) is 12.5 Å². The number of hydrogen-bond donors (Lipinski definition) is 2. The quantitative estimate of drug-likeness (QED) is 0.845. The zero-order valence-corrected chi connectivity index (χ0v) is 12.5. The Kier molecular flexibility index (Phi) is 5.08. The molecule has 112 valence electrons. The number of nitrogens with one attached hydrogen (secondary N) is 1. The van der Waals surface area contributed by atoms with Crippen LogP contribution < -0.4 is 5.32 Å². The fraction of sp³-hybridized carbons (Fsp3) is 0.308. The summed E-state index contributed by atoms with van der Waals surface area (Å²) in [4.78, 5) is 36.0. The minimum absolute atomic E-state index is 0.117. The number of rotatable bonds is 5. The van der Waals surface area contributed by atoms with Gasteiger partial charge in [0.2, 0.25) is 11.8 Å². The maximum absolute atomic E-state index is 11.9. The average molecular weight is 329 g/mol. The van der Waals surface area contributed by atoms with Gasteiger partial charge in [-0.2, -0.15) is 0 Å². The molecular weight excluding hydrogens is 316 g/mol. The second-order valence-corrected chi connectivity index (χ2v) is 5.85. The number of nitrogens with zero attached hydrogens (tertiary/aromatic N) is 1. The largest absolute Gasteiger partial charge is 0.479 e. The Bertz CT molecular complexity index is 564. The van der Waals surface area contributed by atoms with Crippen LogP contribution >= 0.6 is 23.4 Å². The van der Waals surface area contributed by atoms with Crippen molar-refractivity contribution in [1.82, 2.24) is 10.2 Å². The van der Waals surface area contributed by atoms with Crippen LogP contribution in [-0.4, -0.2) is 46.0 Å². The summed E-state index contributed by atoms with van der Waals surface area (Å²) >= 11 is 7.17. The number of carbonyl (C=O) groups excluding carboxylic acids is 2. The minimum atomic E-state index is -1.17. The lowest BCUT2D eigenvalue weighted by molar-refractivity contribution is -0.142. The lowest BCUT2D eigenvalue weighted by atomic mass is 10.1. The van der Waals surface area contributed by atoms with E-state index in [1.54, 1.807) is 12.1 Å². The second kappa shape index (κ2) is 6.82. The van der Waals surface area contributed by atoms with Gasteiger partial charge < -0.3 is 15.3 Å². The first-order chi connectivity index (χ1) is 9.97. The van der Waals surface area contributed by atoms with Crippen molar-refractivity contribution in [3.05, 3.63) is 34.9 Å². The third-order valence-electron chi connectivity index (χ3n) is 2.92. The zero-order chi connectivity index (χ0) is 15.4. The van der Waals surface area contributed by atoms with Gasteiger partial charge in [-0.3, -0.25) is 9.59 Å². The van der Waals surface area contributed by atoms with Gasteiger partial charge in [0.15, 0.2) is 6.04 Å². The molecule has 1 unspecified atom stereocenters. The van der Waals surface area contributed by atoms with Crippen LogP contribution in [-0.2, 0) is 14.4 Å². The van der Waals surface area contributed by atoms with Gasteiger partial charge >= 0.3 is 5.97 Å². The Morgan fingerprint density at radius 2 is 2.05 bits per heavy atom. The molecule has 2 amide bonds. The highest BCUT2D eigenvalue weighted by Gasteiger charge is 2.26. The Morgan fingerprint density at radius 1 is 1.38 bits per heavy atom. The Balaban J connectivity index is 2.02. The summed E-state index contributed by atoms with van der Waals surface area (Å²) in [6.07, 6.45) is 0. The van der Waals surface area contributed by atoms with Gasteiger partial charge in [0, 0.05) is 5.02 Å². The molecule has 0 aliphatic carbocycles. The van der Waals surface area contributed by atoms with Gasteiger partial charge in [-0.05, 0) is 17.7 Å². The van der Waals surface area contributed by atoms with Crippen molar-refractivity contribution < 1.29 is 19.5 Å². The molecule has 1 aromatic rings. The second-order valence-electron chi connectivity index (χ2n) is 4.46. The van der Waals surface area contributed by atoms with E-state index in [1.807, 2.05) is 0 Å². The number of carbonyl (C=O) groups is 3. The number of benzene rings is 1. The molecule has 1 fully saturated rings. The fourth-order valence-corrected chi connectivity index (χ4v) is 2.89. The van der Waals surface area contributed by atoms with E-state index < -0.39 is 17.9 Å². The standard InChI is InChI=1S/C13H13ClN2O4S/c14-9-3-1-8(2-4-9)12(13(19)20)15-10(17)5-16-7-21-6-11(16)18/h1-4,12H,5-7H2,(H,15,17)(H,19,20). The minimum Gasteiger partial charge on any atom is -0.479 e. The molecule has 6 nitrogen and oxygen atoms in total. The van der Waals surface area contributed by atoms with Crippen molar-refractivity contribution in [3.63, 3.8) is 0 Å². The molecule has 0 spiro atoms. The van der Waals surface area contributed by atoms with Crippen LogP contribution in [0, 0.1) is 0 Å². The maximum Gasteiger partial charge on any atom is 0.330 e. The van der Waals surface area contributed by atoms with Crippen LogP contribution in [0.2, 0.25) is 5.02 Å². The molecule has 0 radical (unpaired) electrons. The highest BCUT2D eigenvalue weighted by atomic mass is 35.5. The Labute approximate surface area is 130 Å². The molecule has 0 bridgehead atoms. The summed E-state index contributed by atoms with van der Waals surface area (Å²) in [5.74, 6) is -0.993. The maximum atomic E-state index is 11.9. The van der Waals surface area contributed by atoms with E-state index in [9.17, 15) is 19.5 Å². The molecule has 1 atom stereocenters. The van der Waals surface area contributed by atoms with Gasteiger partial charge in [0.05, 0.1) is 11.6 Å². The summed E-state index contributed by atoms with van der Waals surface area (Å²) in [6.45, 7) is -0.136. The van der Waals surface area contributed by atoms with Crippen molar-refractivity contribution in [1.29, 1.82) is 0 Å². The van der Waals surface area contributed by atoms with E-state index in [1.165, 1.54) is 28.8 Å². The van der Waals surface area contributed by atoms with Crippen molar-refractivity contribution in [2.75, 3.05) is 18.2 Å². The van der Waals surface area contributed by atoms with Gasteiger partial charge in [-0.15, -0.1) is 11.8 Å². The zero-order valence-electron chi connectivity index (χ0n) is 10.9. The number of thioether (sulfide) groups is 1. The molecule has 1 aromatic carbocycles. The monoisotopic (exact) mass is 328 g/mol. The van der Waals surface area contributed by atoms with Crippen LogP contribution in [0.15, 0.2) is 24.3 Å². The molecule has 1 aliphatic rings. The molecule has 0 saturated carbocycles. The van der Waals surface area contributed by atoms with Gasteiger partial charge in [0.25, 0.3) is 0 Å². The first-order valence-electron chi connectivity index (χ1n) is 6.10. The SMILES string of the molecule is O=C(CN1CSCC1=O)NC(C(=O)O)c1ccc(Cl)cc1. The van der Waals surface area contributed by atoms with Crippen LogP contribution in [0.25, 0.3) is 0 Å². The smallest absolute Gasteiger partial charge is 0.330 e. The average Bonchev–Trinajstić information content (AvgIpc) is 2.82. The molecule has 1 aliphatic heterocycles. The number of halogens is 1. The molecule has 2 rings (SSSR count). The van der Waals surface area contributed by atoms with Gasteiger partial charge in [-0.25, -0.2) is 4.79 Å². The topological polar surface area (TPSA) is 86.7 Å². The number of amides is 2. The number of aliphatic carboxylic acids is 1. The Hall–Kier alpha value is -1.73. The predicted molar refractivity (Wildman–Crippen MR) is 79.0 cm³/mol. The summed E-state index contributed by atoms with van der Waals surface area (Å²) < 4.78 is 0. The summed E-state index contributed by atoms with van der Waals surface area (Å²) in [7, 11) is 0. The third-order valence-corrected chi connectivity index (χ3v) is 4.11. The Morgan fingerprint density at radius 3 is 2.57 bits per heavy atom. The van der Waals surface area contributed by atoms with E-state index in [0.717, 1.165) is 0 Å². The summed E-state index contributed by atoms with van der Waals surface area (Å²) in [5, 5.41) is 12.1. The van der Waals surface area contributed by atoms with E-state index in [2.05, 4.69) is 5.32 Å². The number of carboxylic acids is 1. The lowest BCUT2D eigenvalue weighted by Gasteiger charge is -2.18. The van der Waals surface area contributed by atoms with E-state index in [4.69, 9.17) is 11.6 Å². The van der Waals surface area contributed by atoms with Crippen molar-refractivity contribution in [2.24, 2.45) is 0 Å². The van der Waals surface area contributed by atoms with Crippen molar-refractivity contribution in [2.45, 2.75) is 6.04 Å². The van der Waals surface area contributed by atoms with E-state index in [0.29, 0.717) is 22.2 Å². The van der Waals surface area contributed by atoms with Crippen LogP contribution in [0.3, 0.4) is 0 Å². The third kappa shape index (κ3) is 4.12. The first kappa shape index (κ1) is 15.7. The molecule has 1 saturated heterocycles. The van der Waals surface area contributed by atoms with Gasteiger partial charge in [-0.1, -0.05) is 23.7 Å². The lowest BCUT2D eigenvalue weighted by Crippen LogP contribution is -2.41. The fourth-order valence-electron chi connectivity index (χ4n) is 1.86. The molecule has 1 heterocycles. The van der Waals surface area contributed by atoms with Gasteiger partial charge in [0.1, 0.15) is 6.54 Å². The van der Waals surface area contributed by atoms with Crippen LogP contribution in [0.1, 0.15) is 11.6 Å². The molecular formula is C13H13ClN2O4S. The number of carboxylic acid groups (broad SMARTS) is 1. The molecule has 8 heteroatoms. The highest BCUT2D eigenvalue weighted by Crippen LogP contribution is 2.18. The molecule has 2 N–H and O–H groups in total. The van der Waals surface area contributed by atoms with Crippen LogP contribution in [0.4, 0.5) is 0 Å². The first-order valence-corrected chi connectivity index (χ1v) is 7.64. The van der Waals surface area contributed by atoms with Crippen molar-refractivity contribution >= 4 is 41.1 Å². The molecule has 0 aromatic heterocycles. The summed E-state index contributed by atoms with van der Waals surface area (Å²) in [6, 6.07) is 5.02. The van der Waals surface area contributed by atoms with Crippen molar-refractivity contribution in [3.8, 4) is 0 Å². The van der Waals surface area contributed by atoms with E-state index >= 15 is 0 Å². The normalized spacial score (nSPS) is 15.9. The highest BCUT2D eigenvalue weighted by molar-refractivity contribution is 8.00. The molecule has 21 heavy (non-hydrogen) atoms. The van der Waals surface area contributed by atoms with Crippen LogP contribution in [0.5, 0.6) is 0 Å². The predicted octanol–water partition coefficient (Wildman–Crippen LogP) is 1.11. The summed E-state index contributed by atoms with van der Waals surface area (Å²) in [5.41, 5.74) is 0.419.